The molecule has 0 fully saturated rings. The number of ether oxygens (including phenoxy) is 2. The number of hydrogen-bond donors (Lipinski definition) is 0. The Morgan fingerprint density at radius 1 is 1.16 bits per heavy atom. The third kappa shape index (κ3) is 3.07. The lowest BCUT2D eigenvalue weighted by molar-refractivity contribution is -0.150. The fourth-order valence-electron chi connectivity index (χ4n) is 2.78. The monoisotopic (exact) mass is 342 g/mol. The van der Waals surface area contributed by atoms with Crippen molar-refractivity contribution >= 4 is 22.7 Å². The summed E-state index contributed by atoms with van der Waals surface area (Å²) in [6.07, 6.45) is 0.254. The molecular weight excluding hydrogens is 324 g/mol. The average molecular weight is 342 g/mol. The third-order valence-corrected chi connectivity index (χ3v) is 3.89. The van der Waals surface area contributed by atoms with E-state index in [1.807, 2.05) is 0 Å². The van der Waals surface area contributed by atoms with Gasteiger partial charge in [-0.3, -0.25) is 4.79 Å². The van der Waals surface area contributed by atoms with Gasteiger partial charge in [0.1, 0.15) is 16.9 Å². The van der Waals surface area contributed by atoms with Gasteiger partial charge in [-0.1, -0.05) is 5.57 Å². The van der Waals surface area contributed by atoms with Gasteiger partial charge in [0.15, 0.2) is 0 Å². The number of hydrogen-bond acceptors (Lipinski definition) is 6. The van der Waals surface area contributed by atoms with Crippen molar-refractivity contribution < 1.29 is 23.5 Å². The maximum Gasteiger partial charge on any atom is 0.336 e. The molecule has 6 nitrogen and oxygen atoms in total. The van der Waals surface area contributed by atoms with Crippen LogP contribution in [0.4, 0.5) is 0 Å². The number of ketones is 1. The summed E-state index contributed by atoms with van der Waals surface area (Å²) >= 11 is 0. The Hall–Kier alpha value is -2.89. The molecule has 0 radical (unpaired) electrons. The maximum absolute atomic E-state index is 12.9. The zero-order valence-electron chi connectivity index (χ0n) is 14.4. The molecule has 3 rings (SSSR count). The zero-order chi connectivity index (χ0) is 18.4. The van der Waals surface area contributed by atoms with Gasteiger partial charge in [-0.15, -0.1) is 0 Å². The van der Waals surface area contributed by atoms with Gasteiger partial charge >= 0.3 is 11.6 Å². The van der Waals surface area contributed by atoms with Crippen molar-refractivity contribution in [2.24, 2.45) is 0 Å². The van der Waals surface area contributed by atoms with Gasteiger partial charge in [-0.2, -0.15) is 0 Å². The van der Waals surface area contributed by atoms with Gasteiger partial charge in [0.2, 0.25) is 11.9 Å². The highest BCUT2D eigenvalue weighted by Gasteiger charge is 2.46. The SMILES string of the molecule is CC(C)=CC(=O)OC1C(=O)c2ccc3oc(=O)ccc3c2OC1(C)C. The van der Waals surface area contributed by atoms with Crippen molar-refractivity contribution in [1.29, 1.82) is 0 Å². The number of Topliss-reactive ketones (excluding diaryl/α,β-unsaturated/α-hetero) is 1. The number of esters is 1. The summed E-state index contributed by atoms with van der Waals surface area (Å²) < 4.78 is 16.5. The molecule has 0 amide bonds. The molecule has 1 unspecified atom stereocenters. The van der Waals surface area contributed by atoms with Crippen molar-refractivity contribution in [2.75, 3.05) is 0 Å². The number of carbonyl (C=O) groups excluding carboxylic acids is 2. The molecule has 0 N–H and O–H groups in total. The largest absolute Gasteiger partial charge is 0.482 e. The first-order chi connectivity index (χ1) is 11.7. The van der Waals surface area contributed by atoms with E-state index in [9.17, 15) is 14.4 Å². The maximum atomic E-state index is 12.9. The molecule has 25 heavy (non-hydrogen) atoms. The fourth-order valence-corrected chi connectivity index (χ4v) is 2.78. The van der Waals surface area contributed by atoms with Crippen LogP contribution in [0.5, 0.6) is 5.75 Å². The molecule has 0 spiro atoms. The van der Waals surface area contributed by atoms with Crippen LogP contribution in [0.3, 0.4) is 0 Å². The number of benzene rings is 1. The molecule has 2 heterocycles. The summed E-state index contributed by atoms with van der Waals surface area (Å²) in [7, 11) is 0. The minimum absolute atomic E-state index is 0.288. The molecule has 0 bridgehead atoms. The van der Waals surface area contributed by atoms with Gasteiger partial charge in [0.05, 0.1) is 10.9 Å². The Morgan fingerprint density at radius 2 is 1.88 bits per heavy atom. The van der Waals surface area contributed by atoms with Crippen LogP contribution in [0.25, 0.3) is 11.0 Å². The van der Waals surface area contributed by atoms with E-state index >= 15 is 0 Å². The van der Waals surface area contributed by atoms with Gasteiger partial charge < -0.3 is 13.9 Å². The molecule has 2 aromatic rings. The van der Waals surface area contributed by atoms with Crippen molar-refractivity contribution in [1.82, 2.24) is 0 Å². The summed E-state index contributed by atoms with van der Waals surface area (Å²) in [6, 6.07) is 5.87. The molecule has 0 saturated heterocycles. The predicted octanol–water partition coefficient (Wildman–Crippen LogP) is 3.02. The summed E-state index contributed by atoms with van der Waals surface area (Å²) in [5.74, 6) is -0.620. The Kier molecular flexibility index (Phi) is 3.99. The first-order valence-corrected chi connectivity index (χ1v) is 7.84. The standard InChI is InChI=1S/C19H18O6/c1-10(2)9-15(21)24-18-16(22)12-5-7-13-11(6-8-14(20)23-13)17(12)25-19(18,3)4/h5-9,18H,1-4H3. The van der Waals surface area contributed by atoms with E-state index in [-0.39, 0.29) is 11.3 Å². The quantitative estimate of drug-likeness (QED) is 0.474. The number of rotatable bonds is 2. The lowest BCUT2D eigenvalue weighted by Crippen LogP contribution is -2.52. The second-order valence-corrected chi connectivity index (χ2v) is 6.72. The number of carbonyl (C=O) groups is 2. The highest BCUT2D eigenvalue weighted by molar-refractivity contribution is 6.08. The van der Waals surface area contributed by atoms with Crippen LogP contribution in [0.2, 0.25) is 0 Å². The van der Waals surface area contributed by atoms with Crippen LogP contribution in [0.15, 0.2) is 45.1 Å². The summed E-state index contributed by atoms with van der Waals surface area (Å²) in [4.78, 5) is 36.2. The van der Waals surface area contributed by atoms with Crippen LogP contribution < -0.4 is 10.4 Å². The van der Waals surface area contributed by atoms with E-state index in [1.165, 1.54) is 24.3 Å². The molecule has 1 aromatic heterocycles. The van der Waals surface area contributed by atoms with Gasteiger partial charge in [-0.05, 0) is 45.9 Å². The first-order valence-electron chi connectivity index (χ1n) is 7.84. The Bertz CT molecular complexity index is 960. The molecule has 1 aliphatic rings. The molecule has 0 aliphatic carbocycles. The van der Waals surface area contributed by atoms with Crippen LogP contribution in [-0.2, 0) is 9.53 Å². The minimum Gasteiger partial charge on any atom is -0.482 e. The zero-order valence-corrected chi connectivity index (χ0v) is 14.4. The Balaban J connectivity index is 2.08. The number of allylic oxidation sites excluding steroid dienone is 1. The summed E-state index contributed by atoms with van der Waals surface area (Å²) in [5, 5.41) is 0.521. The normalized spacial score (nSPS) is 18.2. The molecule has 1 atom stereocenters. The average Bonchev–Trinajstić information content (AvgIpc) is 2.50. The third-order valence-electron chi connectivity index (χ3n) is 3.89. The molecule has 6 heteroatoms. The van der Waals surface area contributed by atoms with E-state index in [2.05, 4.69) is 0 Å². The topological polar surface area (TPSA) is 82.8 Å². The van der Waals surface area contributed by atoms with Crippen molar-refractivity contribution in [3.8, 4) is 5.75 Å². The van der Waals surface area contributed by atoms with E-state index in [1.54, 1.807) is 33.8 Å². The molecule has 1 aromatic carbocycles. The summed E-state index contributed by atoms with van der Waals surface area (Å²) in [6.45, 7) is 6.88. The molecule has 1 aliphatic heterocycles. The molecule has 130 valence electrons. The highest BCUT2D eigenvalue weighted by Crippen LogP contribution is 2.39. The van der Waals surface area contributed by atoms with Gasteiger partial charge in [0.25, 0.3) is 0 Å². The lowest BCUT2D eigenvalue weighted by Gasteiger charge is -2.38. The van der Waals surface area contributed by atoms with Crippen molar-refractivity contribution in [2.45, 2.75) is 39.4 Å². The second-order valence-electron chi connectivity index (χ2n) is 6.72. The lowest BCUT2D eigenvalue weighted by atomic mass is 9.88. The van der Waals surface area contributed by atoms with E-state index in [0.29, 0.717) is 16.7 Å². The first kappa shape index (κ1) is 17.0. The molecular formula is C19H18O6. The van der Waals surface area contributed by atoms with Gasteiger partial charge in [-0.25, -0.2) is 9.59 Å². The van der Waals surface area contributed by atoms with Crippen molar-refractivity contribution in [3.63, 3.8) is 0 Å². The van der Waals surface area contributed by atoms with E-state index < -0.39 is 23.3 Å². The van der Waals surface area contributed by atoms with Gasteiger partial charge in [0, 0.05) is 12.1 Å². The smallest absolute Gasteiger partial charge is 0.336 e. The number of fused-ring (bicyclic) bond motifs is 3. The highest BCUT2D eigenvalue weighted by atomic mass is 16.6. The minimum atomic E-state index is -1.07. The molecule has 0 saturated carbocycles. The van der Waals surface area contributed by atoms with Crippen LogP contribution in [0, 0.1) is 0 Å². The summed E-state index contributed by atoms with van der Waals surface area (Å²) in [5.41, 5.74) is -0.166. The van der Waals surface area contributed by atoms with Crippen LogP contribution in [-0.4, -0.2) is 23.5 Å². The van der Waals surface area contributed by atoms with Crippen LogP contribution >= 0.6 is 0 Å². The second kappa shape index (κ2) is 5.88. The van der Waals surface area contributed by atoms with Crippen molar-refractivity contribution in [3.05, 3.63) is 51.9 Å². The van der Waals surface area contributed by atoms with E-state index in [0.717, 1.165) is 5.57 Å². The Labute approximate surface area is 144 Å². The fraction of sp³-hybridized carbons (Fsp3) is 0.316. The van der Waals surface area contributed by atoms with E-state index in [4.69, 9.17) is 13.9 Å². The predicted molar refractivity (Wildman–Crippen MR) is 90.8 cm³/mol. The van der Waals surface area contributed by atoms with Crippen LogP contribution in [0.1, 0.15) is 38.1 Å². The Morgan fingerprint density at radius 3 is 2.56 bits per heavy atom.